The first-order valence-corrected chi connectivity index (χ1v) is 7.53. The maximum Gasteiger partial charge on any atom is 0.153 e. The Morgan fingerprint density at radius 3 is 2.44 bits per heavy atom. The molecule has 1 heterocycles. The van der Waals surface area contributed by atoms with E-state index in [9.17, 15) is 4.79 Å². The Hall–Kier alpha value is -0.410. The van der Waals surface area contributed by atoms with Crippen molar-refractivity contribution in [2.45, 2.75) is 57.9 Å². The number of hydrogen-bond donors (Lipinski definition) is 0. The van der Waals surface area contributed by atoms with Gasteiger partial charge in [0.25, 0.3) is 0 Å². The summed E-state index contributed by atoms with van der Waals surface area (Å²) in [5, 5.41) is 0. The highest BCUT2D eigenvalue weighted by molar-refractivity contribution is 5.88. The summed E-state index contributed by atoms with van der Waals surface area (Å²) in [6.07, 6.45) is 6.86. The second-order valence-electron chi connectivity index (χ2n) is 6.00. The van der Waals surface area contributed by atoms with Crippen molar-refractivity contribution >= 4 is 5.78 Å². The van der Waals surface area contributed by atoms with Crippen LogP contribution in [0.3, 0.4) is 0 Å². The highest BCUT2D eigenvalue weighted by Crippen LogP contribution is 2.32. The summed E-state index contributed by atoms with van der Waals surface area (Å²) in [6, 6.07) is 0. The maximum atomic E-state index is 12.7. The first kappa shape index (κ1) is 14.0. The summed E-state index contributed by atoms with van der Waals surface area (Å²) in [5.74, 6) is 1.11. The minimum atomic E-state index is -0.258. The van der Waals surface area contributed by atoms with Crippen LogP contribution in [0.4, 0.5) is 0 Å². The molecule has 0 bridgehead atoms. The molecule has 18 heavy (non-hydrogen) atoms. The van der Waals surface area contributed by atoms with Crippen molar-refractivity contribution in [3.63, 3.8) is 0 Å². The van der Waals surface area contributed by atoms with E-state index < -0.39 is 0 Å². The highest BCUT2D eigenvalue weighted by atomic mass is 16.5. The lowest BCUT2D eigenvalue weighted by Crippen LogP contribution is -2.56. The fraction of sp³-hybridized carbons (Fsp3) is 0.933. The molecule has 0 amide bonds. The van der Waals surface area contributed by atoms with Crippen molar-refractivity contribution in [1.29, 1.82) is 0 Å². The minimum absolute atomic E-state index is 0.258. The molecule has 1 aliphatic heterocycles. The van der Waals surface area contributed by atoms with Gasteiger partial charge < -0.3 is 4.74 Å². The summed E-state index contributed by atoms with van der Waals surface area (Å²) in [5.41, 5.74) is -0.258. The van der Waals surface area contributed by atoms with Gasteiger partial charge >= 0.3 is 0 Å². The zero-order chi connectivity index (χ0) is 13.0. The van der Waals surface area contributed by atoms with Gasteiger partial charge in [-0.15, -0.1) is 0 Å². The topological polar surface area (TPSA) is 29.5 Å². The monoisotopic (exact) mass is 253 g/mol. The predicted octanol–water partition coefficient (Wildman–Crippen LogP) is 2.64. The number of Topliss-reactive ketones (excluding diaryl/α,β-unsaturated/α-hetero) is 1. The van der Waals surface area contributed by atoms with E-state index in [1.807, 2.05) is 0 Å². The number of ketones is 1. The normalized spacial score (nSPS) is 26.1. The van der Waals surface area contributed by atoms with Crippen LogP contribution in [-0.4, -0.2) is 42.5 Å². The van der Waals surface area contributed by atoms with E-state index in [-0.39, 0.29) is 5.54 Å². The van der Waals surface area contributed by atoms with Crippen LogP contribution in [0.1, 0.15) is 52.4 Å². The second kappa shape index (κ2) is 6.16. The standard InChI is InChI=1S/C15H27NO2/c1-3-15(2,16-8-10-18-11-9-16)14(17)12-13-6-4-5-7-13/h13H,3-12H2,1-2H3. The molecule has 0 N–H and O–H groups in total. The molecule has 1 saturated heterocycles. The molecule has 104 valence electrons. The highest BCUT2D eigenvalue weighted by Gasteiger charge is 2.38. The molecule has 0 aromatic carbocycles. The fourth-order valence-corrected chi connectivity index (χ4v) is 3.35. The van der Waals surface area contributed by atoms with Crippen molar-refractivity contribution in [3.05, 3.63) is 0 Å². The molecule has 1 saturated carbocycles. The van der Waals surface area contributed by atoms with Crippen LogP contribution in [0.25, 0.3) is 0 Å². The molecule has 3 nitrogen and oxygen atoms in total. The van der Waals surface area contributed by atoms with Gasteiger partial charge in [0.1, 0.15) is 0 Å². The van der Waals surface area contributed by atoms with Gasteiger partial charge in [-0.2, -0.15) is 0 Å². The lowest BCUT2D eigenvalue weighted by molar-refractivity contribution is -0.134. The SMILES string of the molecule is CCC(C)(C(=O)CC1CCCC1)N1CCOCC1. The molecular formula is C15H27NO2. The van der Waals surface area contributed by atoms with Crippen LogP contribution in [0, 0.1) is 5.92 Å². The second-order valence-corrected chi connectivity index (χ2v) is 6.00. The Morgan fingerprint density at radius 2 is 1.89 bits per heavy atom. The smallest absolute Gasteiger partial charge is 0.153 e. The van der Waals surface area contributed by atoms with E-state index in [2.05, 4.69) is 18.7 Å². The Labute approximate surface area is 111 Å². The average molecular weight is 253 g/mol. The van der Waals surface area contributed by atoms with Crippen molar-refractivity contribution in [2.24, 2.45) is 5.92 Å². The average Bonchev–Trinajstić information content (AvgIpc) is 2.91. The summed E-state index contributed by atoms with van der Waals surface area (Å²) in [4.78, 5) is 15.0. The molecule has 1 aliphatic carbocycles. The van der Waals surface area contributed by atoms with Crippen molar-refractivity contribution in [3.8, 4) is 0 Å². The quantitative estimate of drug-likeness (QED) is 0.754. The summed E-state index contributed by atoms with van der Waals surface area (Å²) in [7, 11) is 0. The number of hydrogen-bond acceptors (Lipinski definition) is 3. The third-order valence-electron chi connectivity index (χ3n) is 4.95. The van der Waals surface area contributed by atoms with E-state index >= 15 is 0 Å². The fourth-order valence-electron chi connectivity index (χ4n) is 3.35. The van der Waals surface area contributed by atoms with Gasteiger partial charge in [-0.25, -0.2) is 0 Å². The zero-order valence-electron chi connectivity index (χ0n) is 11.9. The molecule has 1 atom stereocenters. The number of morpholine rings is 1. The third-order valence-corrected chi connectivity index (χ3v) is 4.95. The van der Waals surface area contributed by atoms with Gasteiger partial charge in [0, 0.05) is 19.5 Å². The molecule has 0 radical (unpaired) electrons. The van der Waals surface area contributed by atoms with Gasteiger partial charge in [-0.3, -0.25) is 9.69 Å². The predicted molar refractivity (Wildman–Crippen MR) is 72.7 cm³/mol. The van der Waals surface area contributed by atoms with Gasteiger partial charge in [0.05, 0.1) is 18.8 Å². The summed E-state index contributed by atoms with van der Waals surface area (Å²) < 4.78 is 5.40. The molecular weight excluding hydrogens is 226 g/mol. The van der Waals surface area contributed by atoms with E-state index in [0.717, 1.165) is 39.1 Å². The molecule has 0 aromatic heterocycles. The van der Waals surface area contributed by atoms with Crippen LogP contribution in [0.5, 0.6) is 0 Å². The van der Waals surface area contributed by atoms with Crippen LogP contribution in [0.15, 0.2) is 0 Å². The summed E-state index contributed by atoms with van der Waals surface area (Å²) in [6.45, 7) is 7.62. The molecule has 1 unspecified atom stereocenters. The van der Waals surface area contributed by atoms with E-state index in [4.69, 9.17) is 4.74 Å². The van der Waals surface area contributed by atoms with Gasteiger partial charge in [-0.1, -0.05) is 32.6 Å². The van der Waals surface area contributed by atoms with Crippen LogP contribution < -0.4 is 0 Å². The van der Waals surface area contributed by atoms with Crippen LogP contribution in [-0.2, 0) is 9.53 Å². The maximum absolute atomic E-state index is 12.7. The molecule has 0 spiro atoms. The summed E-state index contributed by atoms with van der Waals surface area (Å²) >= 11 is 0. The first-order chi connectivity index (χ1) is 8.66. The van der Waals surface area contributed by atoms with Gasteiger partial charge in [0.15, 0.2) is 5.78 Å². The molecule has 0 aromatic rings. The Morgan fingerprint density at radius 1 is 1.28 bits per heavy atom. The minimum Gasteiger partial charge on any atom is -0.379 e. The lowest BCUT2D eigenvalue weighted by atomic mass is 9.84. The zero-order valence-corrected chi connectivity index (χ0v) is 11.9. The van der Waals surface area contributed by atoms with Gasteiger partial charge in [-0.05, 0) is 19.3 Å². The largest absolute Gasteiger partial charge is 0.379 e. The Kier molecular flexibility index (Phi) is 4.79. The number of rotatable bonds is 5. The number of carbonyl (C=O) groups excluding carboxylic acids is 1. The number of ether oxygens (including phenoxy) is 1. The number of nitrogens with zero attached hydrogens (tertiary/aromatic N) is 1. The van der Waals surface area contributed by atoms with Crippen LogP contribution in [0.2, 0.25) is 0 Å². The first-order valence-electron chi connectivity index (χ1n) is 7.53. The Bertz CT molecular complexity index is 280. The van der Waals surface area contributed by atoms with E-state index in [0.29, 0.717) is 11.7 Å². The number of carbonyl (C=O) groups is 1. The lowest BCUT2D eigenvalue weighted by Gasteiger charge is -2.42. The van der Waals surface area contributed by atoms with Crippen LogP contribution >= 0.6 is 0 Å². The Balaban J connectivity index is 1.97. The van der Waals surface area contributed by atoms with E-state index in [1.54, 1.807) is 0 Å². The van der Waals surface area contributed by atoms with Crippen molar-refractivity contribution in [2.75, 3.05) is 26.3 Å². The van der Waals surface area contributed by atoms with Crippen molar-refractivity contribution < 1.29 is 9.53 Å². The molecule has 2 fully saturated rings. The third kappa shape index (κ3) is 2.94. The molecule has 3 heteroatoms. The van der Waals surface area contributed by atoms with Gasteiger partial charge in [0.2, 0.25) is 0 Å². The molecule has 2 rings (SSSR count). The molecule has 2 aliphatic rings. The van der Waals surface area contributed by atoms with Crippen molar-refractivity contribution in [1.82, 2.24) is 4.90 Å². The van der Waals surface area contributed by atoms with E-state index in [1.165, 1.54) is 25.7 Å².